The van der Waals surface area contributed by atoms with Gasteiger partial charge in [-0.15, -0.1) is 0 Å². The molecule has 114 valence electrons. The average molecular weight is 302 g/mol. The molecular weight excluding hydrogens is 284 g/mol. The molecule has 0 heterocycles. The third-order valence-corrected chi connectivity index (χ3v) is 3.37. The molecule has 19 heavy (non-hydrogen) atoms. The molecule has 0 spiro atoms. The van der Waals surface area contributed by atoms with Crippen molar-refractivity contribution >= 4 is 16.1 Å². The first-order valence-electron chi connectivity index (χ1n) is 5.85. The Bertz CT molecular complexity index is 381. The van der Waals surface area contributed by atoms with Gasteiger partial charge in [-0.05, 0) is 26.1 Å². The van der Waals surface area contributed by atoms with Gasteiger partial charge >= 0.3 is 11.2 Å². The molecule has 0 aromatic carbocycles. The van der Waals surface area contributed by atoms with Gasteiger partial charge in [0.25, 0.3) is 0 Å². The van der Waals surface area contributed by atoms with Gasteiger partial charge in [0.2, 0.25) is 0 Å². The van der Waals surface area contributed by atoms with Crippen molar-refractivity contribution in [3.05, 3.63) is 0 Å². The zero-order chi connectivity index (χ0) is 15.1. The lowest BCUT2D eigenvalue weighted by atomic mass is 10.3. The van der Waals surface area contributed by atoms with Crippen molar-refractivity contribution in [2.75, 3.05) is 26.2 Å². The van der Waals surface area contributed by atoms with Crippen LogP contribution in [0, 0.1) is 0 Å². The predicted molar refractivity (Wildman–Crippen MR) is 62.6 cm³/mol. The summed E-state index contributed by atoms with van der Waals surface area (Å²) in [6.07, 6.45) is 0.307. The van der Waals surface area contributed by atoms with Crippen LogP contribution in [-0.2, 0) is 19.6 Å². The van der Waals surface area contributed by atoms with Gasteiger partial charge in [-0.1, -0.05) is 13.8 Å². The fourth-order valence-electron chi connectivity index (χ4n) is 1.30. The van der Waals surface area contributed by atoms with Crippen LogP contribution in [-0.4, -0.2) is 55.3 Å². The lowest BCUT2D eigenvalue weighted by molar-refractivity contribution is -0.149. The van der Waals surface area contributed by atoms with Gasteiger partial charge in [0.05, 0.1) is 0 Å². The van der Waals surface area contributed by atoms with Gasteiger partial charge in [0.15, 0.2) is 16.7 Å². The first kappa shape index (κ1) is 18.2. The summed E-state index contributed by atoms with van der Waals surface area (Å²) in [7, 11) is -5.81. The van der Waals surface area contributed by atoms with Gasteiger partial charge in [-0.25, -0.2) is 8.42 Å². The third-order valence-electron chi connectivity index (χ3n) is 2.52. The molecule has 0 bridgehead atoms. The molecule has 0 fully saturated rings. The molecule has 0 saturated heterocycles. The molecule has 0 aromatic heterocycles. The predicted octanol–water partition coefficient (Wildman–Crippen LogP) is 0.790. The van der Waals surface area contributed by atoms with E-state index in [0.29, 0.717) is 13.0 Å². The van der Waals surface area contributed by atoms with E-state index in [1.165, 1.54) is 0 Å². The first-order chi connectivity index (χ1) is 8.64. The standard InChI is InChI=1S/C10H19F2NO5S/c1-3-13(4-2)7-5-6-9(14)18-8-10(11,12)19(15,16)17/h3-8H2,1-2H3,(H,15,16,17)/p-1. The first-order valence-corrected chi connectivity index (χ1v) is 7.26. The van der Waals surface area contributed by atoms with Crippen molar-refractivity contribution < 1.29 is 31.3 Å². The molecule has 0 aromatic rings. The highest BCUT2D eigenvalue weighted by molar-refractivity contribution is 7.86. The van der Waals surface area contributed by atoms with Crippen LogP contribution in [0.1, 0.15) is 26.7 Å². The summed E-state index contributed by atoms with van der Waals surface area (Å²) >= 11 is 0. The number of hydrogen-bond donors (Lipinski definition) is 0. The maximum Gasteiger partial charge on any atom is 0.367 e. The molecule has 0 aliphatic heterocycles. The fourth-order valence-corrected chi connectivity index (χ4v) is 1.50. The molecule has 0 aliphatic carbocycles. The number of halogens is 2. The van der Waals surface area contributed by atoms with Crippen LogP contribution in [0.25, 0.3) is 0 Å². The summed E-state index contributed by atoms with van der Waals surface area (Å²) in [5.41, 5.74) is 0. The summed E-state index contributed by atoms with van der Waals surface area (Å²) in [4.78, 5) is 13.1. The number of rotatable bonds is 9. The molecule has 0 amide bonds. The highest BCUT2D eigenvalue weighted by Gasteiger charge is 2.39. The van der Waals surface area contributed by atoms with E-state index >= 15 is 0 Å². The van der Waals surface area contributed by atoms with Crippen LogP contribution in [0.2, 0.25) is 0 Å². The summed E-state index contributed by atoms with van der Waals surface area (Å²) < 4.78 is 59.9. The molecule has 0 radical (unpaired) electrons. The normalized spacial score (nSPS) is 12.7. The molecule has 0 atom stereocenters. The Labute approximate surface area is 111 Å². The van der Waals surface area contributed by atoms with Gasteiger partial charge in [0.1, 0.15) is 0 Å². The Kier molecular flexibility index (Phi) is 7.38. The smallest absolute Gasteiger partial charge is 0.367 e. The lowest BCUT2D eigenvalue weighted by Gasteiger charge is -2.20. The van der Waals surface area contributed by atoms with Crippen LogP contribution in [0.15, 0.2) is 0 Å². The number of esters is 1. The minimum absolute atomic E-state index is 0.106. The van der Waals surface area contributed by atoms with E-state index in [0.717, 1.165) is 13.1 Å². The SMILES string of the molecule is CCN(CC)CCCC(=O)OCC(F)(F)S(=O)(=O)[O-]. The molecule has 6 nitrogen and oxygen atoms in total. The number of alkyl halides is 2. The summed E-state index contributed by atoms with van der Waals surface area (Å²) in [6.45, 7) is 4.38. The molecule has 0 aliphatic rings. The van der Waals surface area contributed by atoms with E-state index < -0.39 is 27.9 Å². The lowest BCUT2D eigenvalue weighted by Crippen LogP contribution is -2.34. The molecule has 0 rings (SSSR count). The van der Waals surface area contributed by atoms with Crippen molar-refractivity contribution in [3.63, 3.8) is 0 Å². The van der Waals surface area contributed by atoms with E-state index in [4.69, 9.17) is 0 Å². The highest BCUT2D eigenvalue weighted by atomic mass is 32.2. The van der Waals surface area contributed by atoms with Crippen LogP contribution in [0.5, 0.6) is 0 Å². The zero-order valence-corrected chi connectivity index (χ0v) is 11.7. The molecular formula is C10H18F2NO5S-. The number of hydrogen-bond acceptors (Lipinski definition) is 6. The summed E-state index contributed by atoms with van der Waals surface area (Å²) in [5, 5.41) is -4.58. The van der Waals surface area contributed by atoms with Crippen LogP contribution in [0.3, 0.4) is 0 Å². The number of carbonyl (C=O) groups excluding carboxylic acids is 1. The average Bonchev–Trinajstić information content (AvgIpc) is 2.31. The largest absolute Gasteiger partial charge is 0.743 e. The van der Waals surface area contributed by atoms with Gasteiger partial charge in [-0.3, -0.25) is 4.79 Å². The summed E-state index contributed by atoms with van der Waals surface area (Å²) in [6, 6.07) is 0. The second-order valence-corrected chi connectivity index (χ2v) is 5.39. The minimum atomic E-state index is -5.81. The number of nitrogens with zero attached hydrogens (tertiary/aromatic N) is 1. The Morgan fingerprint density at radius 1 is 1.32 bits per heavy atom. The van der Waals surface area contributed by atoms with Gasteiger partial charge < -0.3 is 14.2 Å². The quantitative estimate of drug-likeness (QED) is 0.462. The van der Waals surface area contributed by atoms with Crippen molar-refractivity contribution in [1.82, 2.24) is 4.90 Å². The maximum atomic E-state index is 12.7. The van der Waals surface area contributed by atoms with Crippen molar-refractivity contribution in [2.45, 2.75) is 31.9 Å². The minimum Gasteiger partial charge on any atom is -0.743 e. The maximum absolute atomic E-state index is 12.7. The second-order valence-electron chi connectivity index (χ2n) is 3.88. The van der Waals surface area contributed by atoms with Gasteiger partial charge in [0, 0.05) is 6.42 Å². The monoisotopic (exact) mass is 302 g/mol. The van der Waals surface area contributed by atoms with E-state index in [9.17, 15) is 26.5 Å². The second kappa shape index (κ2) is 7.71. The van der Waals surface area contributed by atoms with Crippen molar-refractivity contribution in [2.24, 2.45) is 0 Å². The zero-order valence-electron chi connectivity index (χ0n) is 10.9. The molecule has 9 heteroatoms. The molecule has 0 unspecified atom stereocenters. The fraction of sp³-hybridized carbons (Fsp3) is 0.900. The molecule has 0 N–H and O–H groups in total. The van der Waals surface area contributed by atoms with Gasteiger partial charge in [-0.2, -0.15) is 8.78 Å². The van der Waals surface area contributed by atoms with Crippen LogP contribution >= 0.6 is 0 Å². The van der Waals surface area contributed by atoms with E-state index in [-0.39, 0.29) is 6.42 Å². The Morgan fingerprint density at radius 3 is 2.26 bits per heavy atom. The Morgan fingerprint density at radius 2 is 1.84 bits per heavy atom. The van der Waals surface area contributed by atoms with Crippen molar-refractivity contribution in [3.8, 4) is 0 Å². The van der Waals surface area contributed by atoms with Crippen LogP contribution in [0.4, 0.5) is 8.78 Å². The number of ether oxygens (including phenoxy) is 1. The highest BCUT2D eigenvalue weighted by Crippen LogP contribution is 2.20. The Balaban J connectivity index is 4.01. The molecule has 0 saturated carbocycles. The summed E-state index contributed by atoms with van der Waals surface area (Å²) in [5.74, 6) is -0.949. The van der Waals surface area contributed by atoms with E-state index in [1.54, 1.807) is 0 Å². The number of carbonyl (C=O) groups is 1. The van der Waals surface area contributed by atoms with E-state index in [2.05, 4.69) is 4.74 Å². The third kappa shape index (κ3) is 6.79. The van der Waals surface area contributed by atoms with E-state index in [1.807, 2.05) is 18.7 Å². The Hall–Kier alpha value is -0.800. The topological polar surface area (TPSA) is 86.7 Å². The van der Waals surface area contributed by atoms with Crippen molar-refractivity contribution in [1.29, 1.82) is 0 Å². The van der Waals surface area contributed by atoms with Crippen LogP contribution < -0.4 is 0 Å².